The van der Waals surface area contributed by atoms with Crippen LogP contribution in [0.1, 0.15) is 51.9 Å². The number of imide groups is 1. The number of β-lactam (4-membered cyclic amide) rings is 1. The van der Waals surface area contributed by atoms with E-state index in [-0.39, 0.29) is 17.7 Å². The molecule has 1 heterocycles. The summed E-state index contributed by atoms with van der Waals surface area (Å²) < 4.78 is 0. The second kappa shape index (κ2) is 8.51. The molecule has 0 aromatic heterocycles. The monoisotopic (exact) mass is 280 g/mol. The molecule has 0 aromatic carbocycles. The molecule has 1 aliphatic heterocycles. The van der Waals surface area contributed by atoms with Gasteiger partial charge in [-0.3, -0.25) is 19.3 Å². The summed E-state index contributed by atoms with van der Waals surface area (Å²) in [5.41, 5.74) is 0. The SMILES string of the molecule is C=CCCC(=O)N1C[C@H](NC(=O)CCCCCC)C1=O. The van der Waals surface area contributed by atoms with E-state index in [1.807, 2.05) is 0 Å². The highest BCUT2D eigenvalue weighted by Crippen LogP contribution is 2.13. The standard InChI is InChI=1S/C15H24N2O3/c1-3-5-7-8-9-13(18)16-12-11-17(15(12)20)14(19)10-6-4-2/h4,12H,2-3,5-11H2,1H3,(H,16,18)/t12-/m0/s1. The first-order chi connectivity index (χ1) is 9.60. The normalized spacial score (nSPS) is 17.6. The van der Waals surface area contributed by atoms with Crippen molar-refractivity contribution in [1.82, 2.24) is 10.2 Å². The number of nitrogens with one attached hydrogen (secondary N) is 1. The Morgan fingerprint density at radius 1 is 1.35 bits per heavy atom. The van der Waals surface area contributed by atoms with Crippen LogP contribution in [0.25, 0.3) is 0 Å². The summed E-state index contributed by atoms with van der Waals surface area (Å²) in [6.07, 6.45) is 7.11. The Morgan fingerprint density at radius 2 is 2.10 bits per heavy atom. The van der Waals surface area contributed by atoms with Crippen LogP contribution >= 0.6 is 0 Å². The summed E-state index contributed by atoms with van der Waals surface area (Å²) in [6.45, 7) is 5.96. The van der Waals surface area contributed by atoms with Crippen LogP contribution in [-0.4, -0.2) is 35.2 Å². The van der Waals surface area contributed by atoms with Gasteiger partial charge in [0, 0.05) is 12.8 Å². The Bertz CT molecular complexity index is 379. The molecule has 0 unspecified atom stereocenters. The maximum Gasteiger partial charge on any atom is 0.253 e. The van der Waals surface area contributed by atoms with E-state index in [2.05, 4.69) is 18.8 Å². The number of rotatable bonds is 9. The minimum Gasteiger partial charge on any atom is -0.343 e. The first kappa shape index (κ1) is 16.4. The average Bonchev–Trinajstić information content (AvgIpc) is 2.44. The van der Waals surface area contributed by atoms with Gasteiger partial charge in [0.2, 0.25) is 11.8 Å². The van der Waals surface area contributed by atoms with Gasteiger partial charge in [0.25, 0.3) is 5.91 Å². The number of allylic oxidation sites excluding steroid dienone is 1. The maximum atomic E-state index is 11.7. The lowest BCUT2D eigenvalue weighted by Crippen LogP contribution is -2.65. The van der Waals surface area contributed by atoms with Crippen molar-refractivity contribution in [2.24, 2.45) is 0 Å². The van der Waals surface area contributed by atoms with Crippen LogP contribution in [0.2, 0.25) is 0 Å². The van der Waals surface area contributed by atoms with Gasteiger partial charge in [-0.1, -0.05) is 32.3 Å². The molecule has 0 saturated carbocycles. The summed E-state index contributed by atoms with van der Waals surface area (Å²) in [5.74, 6) is -0.582. The molecule has 20 heavy (non-hydrogen) atoms. The van der Waals surface area contributed by atoms with Crippen LogP contribution in [0.3, 0.4) is 0 Å². The second-order valence-electron chi connectivity index (χ2n) is 5.10. The van der Waals surface area contributed by atoms with E-state index < -0.39 is 6.04 Å². The molecule has 5 heteroatoms. The van der Waals surface area contributed by atoms with Crippen molar-refractivity contribution in [3.8, 4) is 0 Å². The lowest BCUT2D eigenvalue weighted by Gasteiger charge is -2.37. The van der Waals surface area contributed by atoms with Crippen molar-refractivity contribution in [3.05, 3.63) is 12.7 Å². The van der Waals surface area contributed by atoms with Crippen LogP contribution < -0.4 is 5.32 Å². The summed E-state index contributed by atoms with van der Waals surface area (Å²) in [7, 11) is 0. The Morgan fingerprint density at radius 3 is 2.70 bits per heavy atom. The van der Waals surface area contributed by atoms with Gasteiger partial charge in [-0.05, 0) is 12.8 Å². The molecular formula is C15H24N2O3. The smallest absolute Gasteiger partial charge is 0.253 e. The van der Waals surface area contributed by atoms with Gasteiger partial charge >= 0.3 is 0 Å². The third-order valence-electron chi connectivity index (χ3n) is 3.39. The third-order valence-corrected chi connectivity index (χ3v) is 3.39. The van der Waals surface area contributed by atoms with Gasteiger partial charge in [-0.2, -0.15) is 0 Å². The van der Waals surface area contributed by atoms with Crippen molar-refractivity contribution in [3.63, 3.8) is 0 Å². The fourth-order valence-corrected chi connectivity index (χ4v) is 2.10. The van der Waals surface area contributed by atoms with E-state index in [4.69, 9.17) is 0 Å². The highest BCUT2D eigenvalue weighted by Gasteiger charge is 2.40. The van der Waals surface area contributed by atoms with E-state index >= 15 is 0 Å². The minimum atomic E-state index is -0.513. The van der Waals surface area contributed by atoms with Crippen molar-refractivity contribution < 1.29 is 14.4 Å². The number of unbranched alkanes of at least 4 members (excludes halogenated alkanes) is 3. The lowest BCUT2D eigenvalue weighted by molar-refractivity contribution is -0.157. The fourth-order valence-electron chi connectivity index (χ4n) is 2.10. The van der Waals surface area contributed by atoms with Crippen LogP contribution in [0.15, 0.2) is 12.7 Å². The first-order valence-electron chi connectivity index (χ1n) is 7.34. The molecule has 1 aliphatic rings. The van der Waals surface area contributed by atoms with Gasteiger partial charge in [-0.15, -0.1) is 6.58 Å². The number of nitrogens with zero attached hydrogens (tertiary/aromatic N) is 1. The van der Waals surface area contributed by atoms with Crippen molar-refractivity contribution in [1.29, 1.82) is 0 Å². The third kappa shape index (κ3) is 4.79. The highest BCUT2D eigenvalue weighted by molar-refractivity contribution is 6.04. The average molecular weight is 280 g/mol. The summed E-state index contributed by atoms with van der Waals surface area (Å²) >= 11 is 0. The van der Waals surface area contributed by atoms with Crippen molar-refractivity contribution in [2.75, 3.05) is 6.54 Å². The topological polar surface area (TPSA) is 66.5 Å². The predicted octanol–water partition coefficient (Wildman–Crippen LogP) is 1.78. The number of carbonyl (C=O) groups is 3. The lowest BCUT2D eigenvalue weighted by atomic mass is 10.1. The Balaban J connectivity index is 2.21. The molecule has 0 bridgehead atoms. The zero-order valence-corrected chi connectivity index (χ0v) is 12.2. The highest BCUT2D eigenvalue weighted by atomic mass is 16.2. The zero-order chi connectivity index (χ0) is 15.0. The molecule has 5 nitrogen and oxygen atoms in total. The molecule has 0 spiro atoms. The Hall–Kier alpha value is -1.65. The van der Waals surface area contributed by atoms with Crippen LogP contribution in [0, 0.1) is 0 Å². The maximum absolute atomic E-state index is 11.7. The van der Waals surface area contributed by atoms with Crippen LogP contribution in [-0.2, 0) is 14.4 Å². The Kier molecular flexibility index (Phi) is 6.98. The quantitative estimate of drug-likeness (QED) is 0.398. The van der Waals surface area contributed by atoms with Gasteiger partial charge in [-0.25, -0.2) is 0 Å². The number of likely N-dealkylation sites (tertiary alicyclic amines) is 1. The van der Waals surface area contributed by atoms with E-state index in [9.17, 15) is 14.4 Å². The molecule has 1 atom stereocenters. The number of hydrogen-bond acceptors (Lipinski definition) is 3. The molecule has 112 valence electrons. The van der Waals surface area contributed by atoms with Crippen molar-refractivity contribution in [2.45, 2.75) is 57.9 Å². The van der Waals surface area contributed by atoms with E-state index in [0.717, 1.165) is 25.7 Å². The van der Waals surface area contributed by atoms with Gasteiger partial charge < -0.3 is 5.32 Å². The molecule has 1 fully saturated rings. The molecule has 0 aliphatic carbocycles. The van der Waals surface area contributed by atoms with Gasteiger partial charge in [0.1, 0.15) is 6.04 Å². The number of hydrogen-bond donors (Lipinski definition) is 1. The van der Waals surface area contributed by atoms with Gasteiger partial charge in [0.15, 0.2) is 0 Å². The summed E-state index contributed by atoms with van der Waals surface area (Å²) in [4.78, 5) is 36.2. The molecule has 0 aromatic rings. The molecule has 1 rings (SSSR count). The molecular weight excluding hydrogens is 256 g/mol. The fraction of sp³-hybridized carbons (Fsp3) is 0.667. The summed E-state index contributed by atoms with van der Waals surface area (Å²) in [5, 5.41) is 2.68. The van der Waals surface area contributed by atoms with Crippen LogP contribution in [0.4, 0.5) is 0 Å². The summed E-state index contributed by atoms with van der Waals surface area (Å²) in [6, 6.07) is -0.513. The van der Waals surface area contributed by atoms with E-state index in [1.54, 1.807) is 6.08 Å². The Labute approximate surface area is 120 Å². The number of carbonyl (C=O) groups excluding carboxylic acids is 3. The first-order valence-corrected chi connectivity index (χ1v) is 7.34. The second-order valence-corrected chi connectivity index (χ2v) is 5.10. The van der Waals surface area contributed by atoms with Crippen LogP contribution in [0.5, 0.6) is 0 Å². The predicted molar refractivity (Wildman–Crippen MR) is 76.8 cm³/mol. The minimum absolute atomic E-state index is 0.0994. The zero-order valence-electron chi connectivity index (χ0n) is 12.2. The molecule has 1 N–H and O–H groups in total. The molecule has 1 saturated heterocycles. The molecule has 3 amide bonds. The largest absolute Gasteiger partial charge is 0.343 e. The van der Waals surface area contributed by atoms with E-state index in [0.29, 0.717) is 25.8 Å². The van der Waals surface area contributed by atoms with E-state index in [1.165, 1.54) is 4.90 Å². The van der Waals surface area contributed by atoms with Crippen molar-refractivity contribution >= 4 is 17.7 Å². The number of amides is 3. The molecule has 0 radical (unpaired) electrons. The van der Waals surface area contributed by atoms with Gasteiger partial charge in [0.05, 0.1) is 6.54 Å².